The third-order valence-corrected chi connectivity index (χ3v) is 5.39. The number of nitrogens with zero attached hydrogens (tertiary/aromatic N) is 1. The Morgan fingerprint density at radius 2 is 1.89 bits per heavy atom. The van der Waals surface area contributed by atoms with E-state index in [2.05, 4.69) is 0 Å². The maximum atomic E-state index is 11.6. The van der Waals surface area contributed by atoms with Gasteiger partial charge >= 0.3 is 11.9 Å². The molecule has 19 heavy (non-hydrogen) atoms. The van der Waals surface area contributed by atoms with Gasteiger partial charge in [0, 0.05) is 24.2 Å². The molecule has 0 spiro atoms. The van der Waals surface area contributed by atoms with Crippen LogP contribution in [0.25, 0.3) is 0 Å². The van der Waals surface area contributed by atoms with E-state index in [0.717, 1.165) is 0 Å². The molecular formula is C12H15NO6. The van der Waals surface area contributed by atoms with Crippen molar-refractivity contribution in [2.45, 2.75) is 37.6 Å². The minimum Gasteiger partial charge on any atom is -0.481 e. The Hall–Kier alpha value is -1.66. The third-order valence-electron chi connectivity index (χ3n) is 5.39. The van der Waals surface area contributed by atoms with E-state index in [4.69, 9.17) is 0 Å². The van der Waals surface area contributed by atoms with E-state index in [1.54, 1.807) is 0 Å². The van der Waals surface area contributed by atoms with Gasteiger partial charge in [-0.2, -0.15) is 0 Å². The van der Waals surface area contributed by atoms with E-state index in [1.165, 1.54) is 0 Å². The van der Waals surface area contributed by atoms with Crippen LogP contribution in [-0.2, 0) is 9.59 Å². The smallest absolute Gasteiger partial charge is 0.310 e. The summed E-state index contributed by atoms with van der Waals surface area (Å²) in [6, 6.07) is 0. The fourth-order valence-corrected chi connectivity index (χ4v) is 5.07. The summed E-state index contributed by atoms with van der Waals surface area (Å²) in [4.78, 5) is 34.1. The normalized spacial score (nSPS) is 47.1. The molecule has 4 aliphatic rings. The topological polar surface area (TPSA) is 118 Å². The van der Waals surface area contributed by atoms with Gasteiger partial charge in [-0.25, -0.2) is 0 Å². The fraction of sp³-hybridized carbons (Fsp3) is 0.833. The molecule has 4 fully saturated rings. The van der Waals surface area contributed by atoms with E-state index < -0.39 is 28.8 Å². The SMILES string of the molecule is O=C(O)C1C2CC3CC1(C(=O)O)CC([N+](=O)[O-])(C3)C2. The van der Waals surface area contributed by atoms with Crippen LogP contribution in [0.15, 0.2) is 0 Å². The molecule has 0 aromatic rings. The third kappa shape index (κ3) is 1.38. The van der Waals surface area contributed by atoms with Crippen LogP contribution in [0.5, 0.6) is 0 Å². The Morgan fingerprint density at radius 1 is 1.21 bits per heavy atom. The molecule has 5 unspecified atom stereocenters. The van der Waals surface area contributed by atoms with E-state index in [1.807, 2.05) is 0 Å². The van der Waals surface area contributed by atoms with Crippen molar-refractivity contribution in [3.8, 4) is 0 Å². The van der Waals surface area contributed by atoms with Crippen molar-refractivity contribution in [2.75, 3.05) is 0 Å². The summed E-state index contributed by atoms with van der Waals surface area (Å²) in [5, 5.41) is 30.2. The number of hydrogen-bond donors (Lipinski definition) is 2. The van der Waals surface area contributed by atoms with Gasteiger partial charge in [0.2, 0.25) is 5.54 Å². The lowest BCUT2D eigenvalue weighted by Crippen LogP contribution is -2.66. The van der Waals surface area contributed by atoms with Gasteiger partial charge in [-0.15, -0.1) is 0 Å². The number of aliphatic carboxylic acids is 2. The summed E-state index contributed by atoms with van der Waals surface area (Å²) in [5.74, 6) is -3.68. The fourth-order valence-electron chi connectivity index (χ4n) is 5.07. The quantitative estimate of drug-likeness (QED) is 0.582. The second-order valence-electron chi connectivity index (χ2n) is 6.41. The summed E-state index contributed by atoms with van der Waals surface area (Å²) in [5.41, 5.74) is -2.65. The molecule has 0 amide bonds. The van der Waals surface area contributed by atoms with Gasteiger partial charge in [-0.05, 0) is 24.7 Å². The number of nitro groups is 1. The monoisotopic (exact) mass is 269 g/mol. The second-order valence-corrected chi connectivity index (χ2v) is 6.41. The van der Waals surface area contributed by atoms with Gasteiger partial charge in [0.05, 0.1) is 11.3 Å². The van der Waals surface area contributed by atoms with Gasteiger partial charge in [-0.3, -0.25) is 19.7 Å². The van der Waals surface area contributed by atoms with Crippen molar-refractivity contribution in [2.24, 2.45) is 23.2 Å². The van der Waals surface area contributed by atoms with E-state index in [0.29, 0.717) is 12.8 Å². The molecule has 0 aliphatic heterocycles. The molecule has 4 rings (SSSR count). The minimum atomic E-state index is -1.44. The van der Waals surface area contributed by atoms with Gasteiger partial charge < -0.3 is 10.2 Å². The summed E-state index contributed by atoms with van der Waals surface area (Å²) >= 11 is 0. The maximum absolute atomic E-state index is 11.6. The number of carboxylic acid groups (broad SMARTS) is 2. The van der Waals surface area contributed by atoms with Crippen LogP contribution in [-0.4, -0.2) is 32.6 Å². The Kier molecular flexibility index (Phi) is 2.25. The Balaban J connectivity index is 2.11. The lowest BCUT2D eigenvalue weighted by Gasteiger charge is -2.58. The predicted octanol–water partition coefficient (Wildman–Crippen LogP) is 0.997. The average molecular weight is 269 g/mol. The number of carboxylic acids is 2. The molecule has 0 aromatic carbocycles. The average Bonchev–Trinajstić information content (AvgIpc) is 2.26. The van der Waals surface area contributed by atoms with Crippen molar-refractivity contribution in [1.82, 2.24) is 0 Å². The zero-order chi connectivity index (χ0) is 14.0. The zero-order valence-electron chi connectivity index (χ0n) is 10.2. The molecular weight excluding hydrogens is 254 g/mol. The second kappa shape index (κ2) is 3.46. The van der Waals surface area contributed by atoms with E-state index in [-0.39, 0.29) is 36.0 Å². The Morgan fingerprint density at radius 3 is 2.42 bits per heavy atom. The van der Waals surface area contributed by atoms with Gasteiger partial charge in [-0.1, -0.05) is 0 Å². The van der Waals surface area contributed by atoms with Crippen LogP contribution in [0, 0.1) is 33.3 Å². The number of hydrogen-bond acceptors (Lipinski definition) is 4. The lowest BCUT2D eigenvalue weighted by molar-refractivity contribution is -0.592. The summed E-state index contributed by atoms with van der Waals surface area (Å²) in [7, 11) is 0. The first-order chi connectivity index (χ1) is 8.81. The first-order valence-electron chi connectivity index (χ1n) is 6.41. The van der Waals surface area contributed by atoms with E-state index >= 15 is 0 Å². The van der Waals surface area contributed by atoms with Crippen LogP contribution < -0.4 is 0 Å². The Bertz CT molecular complexity index is 491. The highest BCUT2D eigenvalue weighted by Crippen LogP contribution is 2.65. The molecule has 4 bridgehead atoms. The molecule has 7 heteroatoms. The standard InChI is InChI=1S/C12H15NO6/c14-9(15)8-7-1-6-2-11(4-7,13(18)19)5-12(8,3-6)10(16)17/h6-8H,1-5H2,(H,14,15)(H,16,17). The van der Waals surface area contributed by atoms with Gasteiger partial charge in [0.25, 0.3) is 0 Å². The molecule has 0 aromatic heterocycles. The van der Waals surface area contributed by atoms with Crippen molar-refractivity contribution in [1.29, 1.82) is 0 Å². The molecule has 4 aliphatic carbocycles. The molecule has 0 heterocycles. The van der Waals surface area contributed by atoms with Crippen LogP contribution >= 0.6 is 0 Å². The van der Waals surface area contributed by atoms with E-state index in [9.17, 15) is 29.9 Å². The van der Waals surface area contributed by atoms with Crippen LogP contribution in [0.3, 0.4) is 0 Å². The predicted molar refractivity (Wildman–Crippen MR) is 61.0 cm³/mol. The zero-order valence-corrected chi connectivity index (χ0v) is 10.2. The molecule has 2 N–H and O–H groups in total. The first-order valence-corrected chi connectivity index (χ1v) is 6.41. The number of rotatable bonds is 3. The molecule has 4 saturated carbocycles. The molecule has 5 atom stereocenters. The lowest BCUT2D eigenvalue weighted by atomic mass is 9.43. The number of carbonyl (C=O) groups is 2. The van der Waals surface area contributed by atoms with Crippen LogP contribution in [0.2, 0.25) is 0 Å². The van der Waals surface area contributed by atoms with Crippen molar-refractivity contribution < 1.29 is 24.7 Å². The maximum Gasteiger partial charge on any atom is 0.310 e. The van der Waals surface area contributed by atoms with Gasteiger partial charge in [0.1, 0.15) is 0 Å². The first kappa shape index (κ1) is 12.4. The molecule has 104 valence electrons. The minimum absolute atomic E-state index is 0.0235. The van der Waals surface area contributed by atoms with Crippen molar-refractivity contribution in [3.05, 3.63) is 10.1 Å². The van der Waals surface area contributed by atoms with Crippen molar-refractivity contribution in [3.63, 3.8) is 0 Å². The van der Waals surface area contributed by atoms with Crippen molar-refractivity contribution >= 4 is 11.9 Å². The largest absolute Gasteiger partial charge is 0.481 e. The molecule has 0 radical (unpaired) electrons. The summed E-state index contributed by atoms with van der Waals surface area (Å²) in [6.07, 6.45) is 1.36. The summed E-state index contributed by atoms with van der Waals surface area (Å²) in [6.45, 7) is 0. The molecule has 0 saturated heterocycles. The highest BCUT2D eigenvalue weighted by molar-refractivity contribution is 5.84. The van der Waals surface area contributed by atoms with Crippen LogP contribution in [0.1, 0.15) is 32.1 Å². The Labute approximate surface area is 108 Å². The van der Waals surface area contributed by atoms with Crippen LogP contribution in [0.4, 0.5) is 0 Å². The molecule has 7 nitrogen and oxygen atoms in total. The van der Waals surface area contributed by atoms with Gasteiger partial charge in [0.15, 0.2) is 0 Å². The summed E-state index contributed by atoms with van der Waals surface area (Å²) < 4.78 is 0. The highest BCUT2D eigenvalue weighted by atomic mass is 16.6. The highest BCUT2D eigenvalue weighted by Gasteiger charge is 2.72.